The summed E-state index contributed by atoms with van der Waals surface area (Å²) in [5, 5.41) is 3.38. The van der Waals surface area contributed by atoms with E-state index in [1.807, 2.05) is 31.2 Å². The van der Waals surface area contributed by atoms with E-state index in [0.29, 0.717) is 13.0 Å². The Kier molecular flexibility index (Phi) is 5.38. The van der Waals surface area contributed by atoms with E-state index in [-0.39, 0.29) is 5.97 Å². The minimum absolute atomic E-state index is 0.182. The molecular formula is C18H21NO2. The van der Waals surface area contributed by atoms with Crippen LogP contribution < -0.4 is 5.32 Å². The van der Waals surface area contributed by atoms with Crippen LogP contribution in [0.25, 0.3) is 0 Å². The third-order valence-electron chi connectivity index (χ3n) is 3.19. The van der Waals surface area contributed by atoms with Crippen LogP contribution in [-0.2, 0) is 22.5 Å². The van der Waals surface area contributed by atoms with E-state index in [0.717, 1.165) is 17.8 Å². The van der Waals surface area contributed by atoms with Gasteiger partial charge in [0, 0.05) is 12.2 Å². The number of hydrogen-bond donors (Lipinski definition) is 1. The van der Waals surface area contributed by atoms with Crippen LogP contribution in [0, 0.1) is 6.92 Å². The predicted octanol–water partition coefficient (Wildman–Crippen LogP) is 3.71. The molecule has 3 heteroatoms. The van der Waals surface area contributed by atoms with E-state index in [9.17, 15) is 4.79 Å². The van der Waals surface area contributed by atoms with Gasteiger partial charge in [-0.15, -0.1) is 0 Å². The van der Waals surface area contributed by atoms with Gasteiger partial charge in [0.15, 0.2) is 0 Å². The fourth-order valence-electron chi connectivity index (χ4n) is 2.15. The molecular weight excluding hydrogens is 262 g/mol. The minimum atomic E-state index is -0.182. The molecule has 110 valence electrons. The average Bonchev–Trinajstić information content (AvgIpc) is 2.47. The van der Waals surface area contributed by atoms with Gasteiger partial charge in [0.25, 0.3) is 0 Å². The van der Waals surface area contributed by atoms with Crippen molar-refractivity contribution in [2.24, 2.45) is 0 Å². The van der Waals surface area contributed by atoms with Crippen molar-refractivity contribution in [1.29, 1.82) is 0 Å². The highest BCUT2D eigenvalue weighted by Crippen LogP contribution is 2.13. The van der Waals surface area contributed by atoms with Crippen molar-refractivity contribution in [3.05, 3.63) is 65.2 Å². The first-order valence-corrected chi connectivity index (χ1v) is 7.21. The number of hydrogen-bond acceptors (Lipinski definition) is 3. The van der Waals surface area contributed by atoms with Crippen LogP contribution in [0.15, 0.2) is 48.5 Å². The highest BCUT2D eigenvalue weighted by molar-refractivity contribution is 5.72. The van der Waals surface area contributed by atoms with Crippen LogP contribution in [0.1, 0.15) is 23.6 Å². The summed E-state index contributed by atoms with van der Waals surface area (Å²) in [6.45, 7) is 5.12. The molecule has 0 bridgehead atoms. The Labute approximate surface area is 126 Å². The molecule has 1 N–H and O–H groups in total. The van der Waals surface area contributed by atoms with Crippen LogP contribution >= 0.6 is 0 Å². The number of esters is 1. The summed E-state index contributed by atoms with van der Waals surface area (Å²) >= 11 is 0. The smallest absolute Gasteiger partial charge is 0.310 e. The number of nitrogens with one attached hydrogen (secondary N) is 1. The van der Waals surface area contributed by atoms with E-state index in [4.69, 9.17) is 4.74 Å². The van der Waals surface area contributed by atoms with Crippen molar-refractivity contribution in [2.75, 3.05) is 11.9 Å². The lowest BCUT2D eigenvalue weighted by Gasteiger charge is -2.08. The number of ether oxygens (including phenoxy) is 1. The fraction of sp³-hybridized carbons (Fsp3) is 0.278. The second-order valence-electron chi connectivity index (χ2n) is 5.02. The van der Waals surface area contributed by atoms with Gasteiger partial charge >= 0.3 is 5.97 Å². The van der Waals surface area contributed by atoms with Gasteiger partial charge in [0.05, 0.1) is 13.0 Å². The zero-order chi connectivity index (χ0) is 15.1. The number of aryl methyl sites for hydroxylation is 1. The molecule has 2 rings (SSSR count). The summed E-state index contributed by atoms with van der Waals surface area (Å²) in [5.74, 6) is -0.182. The number of rotatable bonds is 6. The maximum absolute atomic E-state index is 11.4. The summed E-state index contributed by atoms with van der Waals surface area (Å²) in [5.41, 5.74) is 4.53. The summed E-state index contributed by atoms with van der Waals surface area (Å²) in [4.78, 5) is 11.4. The Morgan fingerprint density at radius 2 is 1.86 bits per heavy atom. The highest BCUT2D eigenvalue weighted by Gasteiger charge is 2.03. The number of anilines is 1. The van der Waals surface area contributed by atoms with Crippen molar-refractivity contribution in [3.63, 3.8) is 0 Å². The first-order chi connectivity index (χ1) is 10.2. The van der Waals surface area contributed by atoms with E-state index >= 15 is 0 Å². The normalized spacial score (nSPS) is 10.2. The number of benzene rings is 2. The van der Waals surface area contributed by atoms with E-state index < -0.39 is 0 Å². The lowest BCUT2D eigenvalue weighted by atomic mass is 10.1. The monoisotopic (exact) mass is 283 g/mol. The standard InChI is InChI=1S/C18H21NO2/c1-3-21-18(20)12-15-7-9-17(10-8-15)19-13-16-6-4-5-14(2)11-16/h4-11,19H,3,12-13H2,1-2H3. The van der Waals surface area contributed by atoms with Crippen molar-refractivity contribution < 1.29 is 9.53 Å². The zero-order valence-electron chi connectivity index (χ0n) is 12.6. The molecule has 0 radical (unpaired) electrons. The third kappa shape index (κ3) is 4.95. The first kappa shape index (κ1) is 15.1. The number of carbonyl (C=O) groups excluding carboxylic acids is 1. The maximum Gasteiger partial charge on any atom is 0.310 e. The van der Waals surface area contributed by atoms with Gasteiger partial charge in [-0.3, -0.25) is 4.79 Å². The highest BCUT2D eigenvalue weighted by atomic mass is 16.5. The Balaban J connectivity index is 1.89. The molecule has 0 aliphatic carbocycles. The van der Waals surface area contributed by atoms with Gasteiger partial charge in [-0.25, -0.2) is 0 Å². The van der Waals surface area contributed by atoms with Gasteiger partial charge in [-0.1, -0.05) is 42.0 Å². The summed E-state index contributed by atoms with van der Waals surface area (Å²) < 4.78 is 4.94. The third-order valence-corrected chi connectivity index (χ3v) is 3.19. The molecule has 0 spiro atoms. The van der Waals surface area contributed by atoms with Gasteiger partial charge < -0.3 is 10.1 Å². The van der Waals surface area contributed by atoms with Crippen LogP contribution in [0.3, 0.4) is 0 Å². The first-order valence-electron chi connectivity index (χ1n) is 7.21. The Morgan fingerprint density at radius 1 is 1.10 bits per heavy atom. The van der Waals surface area contributed by atoms with Gasteiger partial charge in [0.1, 0.15) is 0 Å². The summed E-state index contributed by atoms with van der Waals surface area (Å²) in [6, 6.07) is 16.3. The minimum Gasteiger partial charge on any atom is -0.466 e. The molecule has 0 atom stereocenters. The largest absolute Gasteiger partial charge is 0.466 e. The molecule has 0 saturated carbocycles. The number of carbonyl (C=O) groups is 1. The molecule has 0 saturated heterocycles. The SMILES string of the molecule is CCOC(=O)Cc1ccc(NCc2cccc(C)c2)cc1. The maximum atomic E-state index is 11.4. The van der Waals surface area contributed by atoms with Crippen molar-refractivity contribution in [3.8, 4) is 0 Å². The average molecular weight is 283 g/mol. The topological polar surface area (TPSA) is 38.3 Å². The second-order valence-corrected chi connectivity index (χ2v) is 5.02. The van der Waals surface area contributed by atoms with E-state index in [2.05, 4.69) is 36.5 Å². The Morgan fingerprint density at radius 3 is 2.52 bits per heavy atom. The molecule has 0 aromatic heterocycles. The van der Waals surface area contributed by atoms with Crippen molar-refractivity contribution in [2.45, 2.75) is 26.8 Å². The molecule has 0 heterocycles. The van der Waals surface area contributed by atoms with Crippen LogP contribution in [0.2, 0.25) is 0 Å². The lowest BCUT2D eigenvalue weighted by molar-refractivity contribution is -0.142. The lowest BCUT2D eigenvalue weighted by Crippen LogP contribution is -2.07. The van der Waals surface area contributed by atoms with Gasteiger partial charge in [-0.05, 0) is 37.1 Å². The molecule has 2 aromatic rings. The van der Waals surface area contributed by atoms with Crippen LogP contribution in [0.5, 0.6) is 0 Å². The molecule has 0 unspecified atom stereocenters. The van der Waals surface area contributed by atoms with E-state index in [1.54, 1.807) is 0 Å². The Hall–Kier alpha value is -2.29. The van der Waals surface area contributed by atoms with Gasteiger partial charge in [-0.2, -0.15) is 0 Å². The van der Waals surface area contributed by atoms with Crippen LogP contribution in [0.4, 0.5) is 5.69 Å². The molecule has 2 aromatic carbocycles. The molecule has 0 amide bonds. The summed E-state index contributed by atoms with van der Waals surface area (Å²) in [7, 11) is 0. The van der Waals surface area contributed by atoms with Gasteiger partial charge in [0.2, 0.25) is 0 Å². The predicted molar refractivity (Wildman–Crippen MR) is 85.3 cm³/mol. The van der Waals surface area contributed by atoms with Crippen LogP contribution in [-0.4, -0.2) is 12.6 Å². The fourth-order valence-corrected chi connectivity index (χ4v) is 2.15. The Bertz CT molecular complexity index is 590. The van der Waals surface area contributed by atoms with Crippen molar-refractivity contribution in [1.82, 2.24) is 0 Å². The zero-order valence-corrected chi connectivity index (χ0v) is 12.6. The summed E-state index contributed by atoms with van der Waals surface area (Å²) in [6.07, 6.45) is 0.325. The van der Waals surface area contributed by atoms with E-state index in [1.165, 1.54) is 11.1 Å². The molecule has 0 aliphatic heterocycles. The van der Waals surface area contributed by atoms with Crippen molar-refractivity contribution >= 4 is 11.7 Å². The molecule has 3 nitrogen and oxygen atoms in total. The second kappa shape index (κ2) is 7.48. The molecule has 0 fully saturated rings. The quantitative estimate of drug-likeness (QED) is 0.821. The molecule has 21 heavy (non-hydrogen) atoms. The molecule has 0 aliphatic rings.